The van der Waals surface area contributed by atoms with Gasteiger partial charge in [-0.25, -0.2) is 14.4 Å². The molecule has 0 amide bonds. The average molecular weight is 266 g/mol. The molecule has 1 rings (SSSR count). The summed E-state index contributed by atoms with van der Waals surface area (Å²) >= 11 is 0. The van der Waals surface area contributed by atoms with Crippen molar-refractivity contribution in [1.82, 2.24) is 0 Å². The van der Waals surface area contributed by atoms with Crippen LogP contribution in [-0.2, 0) is 14.2 Å². The van der Waals surface area contributed by atoms with Crippen LogP contribution in [0.5, 0.6) is 0 Å². The molecule has 1 aromatic rings. The molecule has 6 nitrogen and oxygen atoms in total. The third-order valence-corrected chi connectivity index (χ3v) is 2.35. The number of carbonyl (C=O) groups excluding carboxylic acids is 3. The molecule has 6 heteroatoms. The Morgan fingerprint density at radius 2 is 1.47 bits per heavy atom. The zero-order valence-corrected chi connectivity index (χ0v) is 10.9. The maximum atomic E-state index is 11.8. The van der Waals surface area contributed by atoms with Crippen LogP contribution in [0.1, 0.15) is 38.0 Å². The number of rotatable bonds is 4. The van der Waals surface area contributed by atoms with Crippen molar-refractivity contribution in [3.05, 3.63) is 34.9 Å². The van der Waals surface area contributed by atoms with Crippen molar-refractivity contribution in [3.63, 3.8) is 0 Å². The molecule has 0 unspecified atom stereocenters. The SMILES string of the molecule is CCOC(=O)c1cccc(C(=O)OC)c1C(=O)OC. The molecule has 0 aliphatic heterocycles. The minimum Gasteiger partial charge on any atom is -0.465 e. The van der Waals surface area contributed by atoms with E-state index >= 15 is 0 Å². The van der Waals surface area contributed by atoms with E-state index in [2.05, 4.69) is 9.47 Å². The zero-order chi connectivity index (χ0) is 14.4. The number of ether oxygens (including phenoxy) is 3. The Bertz CT molecular complexity index is 506. The molecule has 0 saturated carbocycles. The number of esters is 3. The lowest BCUT2D eigenvalue weighted by molar-refractivity contribution is 0.0499. The Morgan fingerprint density at radius 1 is 0.947 bits per heavy atom. The Kier molecular flexibility index (Phi) is 5.05. The van der Waals surface area contributed by atoms with E-state index in [0.717, 1.165) is 7.11 Å². The lowest BCUT2D eigenvalue weighted by atomic mass is 10.0. The molecule has 0 bridgehead atoms. The van der Waals surface area contributed by atoms with Gasteiger partial charge < -0.3 is 14.2 Å². The molecular weight excluding hydrogens is 252 g/mol. The number of benzene rings is 1. The summed E-state index contributed by atoms with van der Waals surface area (Å²) in [5, 5.41) is 0. The second-order valence-electron chi connectivity index (χ2n) is 3.43. The van der Waals surface area contributed by atoms with Gasteiger partial charge in [0.15, 0.2) is 0 Å². The van der Waals surface area contributed by atoms with Gasteiger partial charge in [-0.1, -0.05) is 6.07 Å². The number of hydrogen-bond acceptors (Lipinski definition) is 6. The van der Waals surface area contributed by atoms with Crippen molar-refractivity contribution in [2.75, 3.05) is 20.8 Å². The van der Waals surface area contributed by atoms with Gasteiger partial charge in [-0.2, -0.15) is 0 Å². The van der Waals surface area contributed by atoms with E-state index in [4.69, 9.17) is 4.74 Å². The van der Waals surface area contributed by atoms with Crippen LogP contribution in [0.3, 0.4) is 0 Å². The predicted octanol–water partition coefficient (Wildman–Crippen LogP) is 1.44. The highest BCUT2D eigenvalue weighted by Gasteiger charge is 2.25. The maximum absolute atomic E-state index is 11.8. The molecule has 19 heavy (non-hydrogen) atoms. The lowest BCUT2D eigenvalue weighted by Gasteiger charge is -2.10. The van der Waals surface area contributed by atoms with Crippen LogP contribution in [0.4, 0.5) is 0 Å². The molecule has 0 aliphatic carbocycles. The number of hydrogen-bond donors (Lipinski definition) is 0. The van der Waals surface area contributed by atoms with Crippen LogP contribution in [0.15, 0.2) is 18.2 Å². The molecule has 0 N–H and O–H groups in total. The summed E-state index contributed by atoms with van der Waals surface area (Å²) in [5.74, 6) is -2.23. The third-order valence-electron chi connectivity index (χ3n) is 2.35. The monoisotopic (exact) mass is 266 g/mol. The van der Waals surface area contributed by atoms with Crippen LogP contribution in [0.2, 0.25) is 0 Å². The van der Waals surface area contributed by atoms with Gasteiger partial charge in [0, 0.05) is 0 Å². The fourth-order valence-electron chi connectivity index (χ4n) is 1.53. The fraction of sp³-hybridized carbons (Fsp3) is 0.308. The molecule has 1 aromatic carbocycles. The molecule has 0 aliphatic rings. The van der Waals surface area contributed by atoms with Crippen LogP contribution in [-0.4, -0.2) is 38.7 Å². The minimum atomic E-state index is -0.802. The van der Waals surface area contributed by atoms with Gasteiger partial charge in [0.2, 0.25) is 0 Å². The van der Waals surface area contributed by atoms with Gasteiger partial charge in [0.1, 0.15) is 0 Å². The summed E-state index contributed by atoms with van der Waals surface area (Å²) in [6, 6.07) is 4.22. The Morgan fingerprint density at radius 3 is 1.95 bits per heavy atom. The van der Waals surface area contributed by atoms with E-state index < -0.39 is 17.9 Å². The van der Waals surface area contributed by atoms with E-state index in [1.807, 2.05) is 0 Å². The van der Waals surface area contributed by atoms with Crippen molar-refractivity contribution < 1.29 is 28.6 Å². The van der Waals surface area contributed by atoms with E-state index in [-0.39, 0.29) is 23.3 Å². The van der Waals surface area contributed by atoms with E-state index in [0.29, 0.717) is 0 Å². The van der Waals surface area contributed by atoms with E-state index in [1.165, 1.54) is 25.3 Å². The molecule has 102 valence electrons. The van der Waals surface area contributed by atoms with Gasteiger partial charge in [0.05, 0.1) is 37.5 Å². The Hall–Kier alpha value is -2.37. The first-order valence-electron chi connectivity index (χ1n) is 5.53. The molecule has 0 saturated heterocycles. The molecule has 0 atom stereocenters. The third kappa shape index (κ3) is 3.09. The molecule has 0 fully saturated rings. The van der Waals surface area contributed by atoms with Gasteiger partial charge in [-0.15, -0.1) is 0 Å². The lowest BCUT2D eigenvalue weighted by Crippen LogP contribution is -2.18. The van der Waals surface area contributed by atoms with Crippen molar-refractivity contribution in [1.29, 1.82) is 0 Å². The summed E-state index contributed by atoms with van der Waals surface area (Å²) in [4.78, 5) is 35.1. The Balaban J connectivity index is 3.42. The van der Waals surface area contributed by atoms with E-state index in [1.54, 1.807) is 6.92 Å². The molecule has 0 radical (unpaired) electrons. The highest BCUT2D eigenvalue weighted by atomic mass is 16.5. The van der Waals surface area contributed by atoms with E-state index in [9.17, 15) is 14.4 Å². The minimum absolute atomic E-state index is 0.0309. The smallest absolute Gasteiger partial charge is 0.339 e. The summed E-state index contributed by atoms with van der Waals surface area (Å²) in [6.45, 7) is 1.79. The topological polar surface area (TPSA) is 78.9 Å². The first-order valence-corrected chi connectivity index (χ1v) is 5.53. The maximum Gasteiger partial charge on any atom is 0.339 e. The summed E-state index contributed by atoms with van der Waals surface area (Å²) in [5.41, 5.74) is -0.230. The van der Waals surface area contributed by atoms with Crippen LogP contribution in [0, 0.1) is 0 Å². The largest absolute Gasteiger partial charge is 0.465 e. The summed E-state index contributed by atoms with van der Waals surface area (Å²) in [7, 11) is 2.34. The van der Waals surface area contributed by atoms with Crippen LogP contribution < -0.4 is 0 Å². The van der Waals surface area contributed by atoms with Crippen molar-refractivity contribution in [3.8, 4) is 0 Å². The normalized spacial score (nSPS) is 9.63. The van der Waals surface area contributed by atoms with Crippen molar-refractivity contribution in [2.24, 2.45) is 0 Å². The van der Waals surface area contributed by atoms with Gasteiger partial charge >= 0.3 is 17.9 Å². The summed E-state index contributed by atoms with van der Waals surface area (Å²) < 4.78 is 14.0. The first kappa shape index (κ1) is 14.7. The molecule has 0 heterocycles. The van der Waals surface area contributed by atoms with Gasteiger partial charge in [-0.05, 0) is 19.1 Å². The van der Waals surface area contributed by atoms with Crippen molar-refractivity contribution >= 4 is 17.9 Å². The average Bonchev–Trinajstić information content (AvgIpc) is 2.44. The second kappa shape index (κ2) is 6.53. The molecule has 0 spiro atoms. The fourth-order valence-corrected chi connectivity index (χ4v) is 1.53. The quantitative estimate of drug-likeness (QED) is 0.606. The predicted molar refractivity (Wildman–Crippen MR) is 65.1 cm³/mol. The Labute approximate surface area is 110 Å². The zero-order valence-electron chi connectivity index (χ0n) is 10.9. The first-order chi connectivity index (χ1) is 9.06. The molecular formula is C13H14O6. The highest BCUT2D eigenvalue weighted by molar-refractivity contribution is 6.10. The van der Waals surface area contributed by atoms with Crippen molar-refractivity contribution in [2.45, 2.75) is 6.92 Å². The second-order valence-corrected chi connectivity index (χ2v) is 3.43. The number of carbonyl (C=O) groups is 3. The standard InChI is InChI=1S/C13H14O6/c1-4-19-12(15)9-7-5-6-8(11(14)17-2)10(9)13(16)18-3/h5-7H,4H2,1-3H3. The van der Waals surface area contributed by atoms with Crippen LogP contribution in [0.25, 0.3) is 0 Å². The van der Waals surface area contributed by atoms with Gasteiger partial charge in [0.25, 0.3) is 0 Å². The van der Waals surface area contributed by atoms with Crippen LogP contribution >= 0.6 is 0 Å². The summed E-state index contributed by atoms with van der Waals surface area (Å²) in [6.07, 6.45) is 0. The molecule has 0 aromatic heterocycles. The number of methoxy groups -OCH3 is 2. The highest BCUT2D eigenvalue weighted by Crippen LogP contribution is 2.18. The van der Waals surface area contributed by atoms with Gasteiger partial charge in [-0.3, -0.25) is 0 Å².